The highest BCUT2D eigenvalue weighted by Crippen LogP contribution is 2.13. The Bertz CT molecular complexity index is 336. The summed E-state index contributed by atoms with van der Waals surface area (Å²) >= 11 is 3.34. The van der Waals surface area contributed by atoms with Gasteiger partial charge in [0.05, 0.1) is 6.20 Å². The van der Waals surface area contributed by atoms with Crippen LogP contribution >= 0.6 is 15.9 Å². The van der Waals surface area contributed by atoms with Crippen molar-refractivity contribution < 1.29 is 4.79 Å². The molecule has 1 N–H and O–H groups in total. The largest absolute Gasteiger partial charge is 0.311 e. The van der Waals surface area contributed by atoms with Crippen molar-refractivity contribution in [3.8, 4) is 0 Å². The second-order valence-electron chi connectivity index (χ2n) is 3.95. The Morgan fingerprint density at radius 3 is 2.94 bits per heavy atom. The number of amides is 1. The van der Waals surface area contributed by atoms with E-state index in [0.717, 1.165) is 24.0 Å². The number of carbonyl (C=O) groups excluding carboxylic acids is 1. The van der Waals surface area contributed by atoms with Crippen LogP contribution in [0.4, 0.5) is 5.82 Å². The molecule has 0 spiro atoms. The maximum atomic E-state index is 11.6. The van der Waals surface area contributed by atoms with E-state index in [-0.39, 0.29) is 11.9 Å². The van der Waals surface area contributed by atoms with Crippen LogP contribution in [0.5, 0.6) is 0 Å². The summed E-state index contributed by atoms with van der Waals surface area (Å²) < 4.78 is 1.81. The molecular formula is C11H18BrN3O. The van der Waals surface area contributed by atoms with Crippen LogP contribution < -0.4 is 5.32 Å². The molecule has 0 saturated carbocycles. The maximum absolute atomic E-state index is 11.6. The number of aromatic nitrogens is 2. The molecule has 0 bridgehead atoms. The predicted octanol–water partition coefficient (Wildman–Crippen LogP) is 2.97. The van der Waals surface area contributed by atoms with Gasteiger partial charge in [-0.05, 0) is 26.7 Å². The number of rotatable bonds is 6. The van der Waals surface area contributed by atoms with Gasteiger partial charge in [0.2, 0.25) is 5.91 Å². The van der Waals surface area contributed by atoms with E-state index >= 15 is 0 Å². The van der Waals surface area contributed by atoms with Crippen molar-refractivity contribution in [3.63, 3.8) is 0 Å². The summed E-state index contributed by atoms with van der Waals surface area (Å²) in [5.41, 5.74) is 0. The third-order valence-electron chi connectivity index (χ3n) is 2.21. The van der Waals surface area contributed by atoms with Crippen LogP contribution in [-0.4, -0.2) is 21.0 Å². The smallest absolute Gasteiger partial charge is 0.225 e. The zero-order valence-electron chi connectivity index (χ0n) is 9.74. The normalized spacial score (nSPS) is 10.8. The molecule has 0 aliphatic carbocycles. The fourth-order valence-electron chi connectivity index (χ4n) is 1.41. The minimum Gasteiger partial charge on any atom is -0.311 e. The minimum absolute atomic E-state index is 0.0587. The molecule has 0 saturated heterocycles. The van der Waals surface area contributed by atoms with Gasteiger partial charge in [-0.25, -0.2) is 4.68 Å². The number of nitrogens with zero attached hydrogens (tertiary/aromatic N) is 2. The van der Waals surface area contributed by atoms with Crippen molar-refractivity contribution in [2.45, 2.75) is 39.2 Å². The fourth-order valence-corrected chi connectivity index (χ4v) is 1.81. The third-order valence-corrected chi connectivity index (χ3v) is 2.78. The molecule has 1 aromatic heterocycles. The first-order chi connectivity index (χ1) is 7.65. The molecule has 1 amide bonds. The first kappa shape index (κ1) is 13.2. The zero-order valence-corrected chi connectivity index (χ0v) is 11.3. The van der Waals surface area contributed by atoms with E-state index in [9.17, 15) is 4.79 Å². The van der Waals surface area contributed by atoms with Gasteiger partial charge in [0.25, 0.3) is 0 Å². The first-order valence-electron chi connectivity index (χ1n) is 5.54. The molecule has 4 nitrogen and oxygen atoms in total. The summed E-state index contributed by atoms with van der Waals surface area (Å²) in [6.07, 6.45) is 4.20. The summed E-state index contributed by atoms with van der Waals surface area (Å²) in [6.45, 7) is 4.07. The molecule has 0 radical (unpaired) electrons. The van der Waals surface area contributed by atoms with E-state index in [1.165, 1.54) is 0 Å². The maximum Gasteiger partial charge on any atom is 0.225 e. The quantitative estimate of drug-likeness (QED) is 0.646. The van der Waals surface area contributed by atoms with E-state index in [0.29, 0.717) is 6.42 Å². The first-order valence-corrected chi connectivity index (χ1v) is 6.66. The van der Waals surface area contributed by atoms with E-state index in [2.05, 4.69) is 26.3 Å². The highest BCUT2D eigenvalue weighted by molar-refractivity contribution is 9.09. The molecule has 0 aliphatic rings. The average Bonchev–Trinajstić information content (AvgIpc) is 2.66. The Morgan fingerprint density at radius 1 is 1.56 bits per heavy atom. The Morgan fingerprint density at radius 2 is 2.31 bits per heavy atom. The molecule has 5 heteroatoms. The molecule has 90 valence electrons. The van der Waals surface area contributed by atoms with Gasteiger partial charge in [-0.2, -0.15) is 5.10 Å². The van der Waals surface area contributed by atoms with Gasteiger partial charge in [0, 0.05) is 23.9 Å². The fraction of sp³-hybridized carbons (Fsp3) is 0.636. The summed E-state index contributed by atoms with van der Waals surface area (Å²) in [4.78, 5) is 11.6. The summed E-state index contributed by atoms with van der Waals surface area (Å²) in [7, 11) is 0. The van der Waals surface area contributed by atoms with E-state index in [4.69, 9.17) is 0 Å². The predicted molar refractivity (Wildman–Crippen MR) is 68.9 cm³/mol. The standard InChI is InChI=1S/C11H18BrN3O/c1-9(2)15-10(6-8-13-15)14-11(16)5-3-4-7-12/h6,8-9H,3-5,7H2,1-2H3,(H,14,16). The summed E-state index contributed by atoms with van der Waals surface area (Å²) in [5.74, 6) is 0.835. The lowest BCUT2D eigenvalue weighted by Gasteiger charge is -2.11. The highest BCUT2D eigenvalue weighted by atomic mass is 79.9. The van der Waals surface area contributed by atoms with Crippen LogP contribution in [0.2, 0.25) is 0 Å². The molecule has 0 unspecified atom stereocenters. The molecule has 0 fully saturated rings. The SMILES string of the molecule is CC(C)n1nccc1NC(=O)CCCCBr. The van der Waals surface area contributed by atoms with Gasteiger partial charge < -0.3 is 5.32 Å². The topological polar surface area (TPSA) is 46.9 Å². The Balaban J connectivity index is 2.46. The van der Waals surface area contributed by atoms with Gasteiger partial charge in [-0.1, -0.05) is 15.9 Å². The lowest BCUT2D eigenvalue weighted by atomic mass is 10.2. The molecule has 1 heterocycles. The van der Waals surface area contributed by atoms with Crippen molar-refractivity contribution in [1.29, 1.82) is 0 Å². The number of hydrogen-bond donors (Lipinski definition) is 1. The Labute approximate surface area is 105 Å². The number of anilines is 1. The van der Waals surface area contributed by atoms with E-state index < -0.39 is 0 Å². The van der Waals surface area contributed by atoms with Crippen LogP contribution in [-0.2, 0) is 4.79 Å². The molecule has 1 aromatic rings. The Hall–Kier alpha value is -0.840. The van der Waals surface area contributed by atoms with Gasteiger partial charge in [-0.15, -0.1) is 0 Å². The molecule has 16 heavy (non-hydrogen) atoms. The van der Waals surface area contributed by atoms with Gasteiger partial charge in [0.15, 0.2) is 0 Å². The number of unbranched alkanes of at least 4 members (excludes halogenated alkanes) is 1. The third kappa shape index (κ3) is 3.96. The second-order valence-corrected chi connectivity index (χ2v) is 4.74. The van der Waals surface area contributed by atoms with Crippen LogP contribution in [0.3, 0.4) is 0 Å². The van der Waals surface area contributed by atoms with Crippen LogP contribution in [0.25, 0.3) is 0 Å². The van der Waals surface area contributed by atoms with Crippen molar-refractivity contribution >= 4 is 27.7 Å². The van der Waals surface area contributed by atoms with E-state index in [1.807, 2.05) is 24.6 Å². The molecule has 1 rings (SSSR count). The molecule has 0 atom stereocenters. The number of halogens is 1. The Kier molecular flexibility index (Phi) is 5.52. The van der Waals surface area contributed by atoms with Crippen molar-refractivity contribution in [2.75, 3.05) is 10.6 Å². The second kappa shape index (κ2) is 6.68. The van der Waals surface area contributed by atoms with Crippen LogP contribution in [0.15, 0.2) is 12.3 Å². The van der Waals surface area contributed by atoms with Crippen molar-refractivity contribution in [1.82, 2.24) is 9.78 Å². The average molecular weight is 288 g/mol. The van der Waals surface area contributed by atoms with Crippen molar-refractivity contribution in [3.05, 3.63) is 12.3 Å². The van der Waals surface area contributed by atoms with Gasteiger partial charge >= 0.3 is 0 Å². The number of carbonyl (C=O) groups is 1. The van der Waals surface area contributed by atoms with Crippen molar-refractivity contribution in [2.24, 2.45) is 0 Å². The van der Waals surface area contributed by atoms with Gasteiger partial charge in [-0.3, -0.25) is 4.79 Å². The molecular weight excluding hydrogens is 270 g/mol. The lowest BCUT2D eigenvalue weighted by Crippen LogP contribution is -2.16. The summed E-state index contributed by atoms with van der Waals surface area (Å²) in [5, 5.41) is 7.99. The van der Waals surface area contributed by atoms with Crippen LogP contribution in [0, 0.1) is 0 Å². The molecule has 0 aromatic carbocycles. The van der Waals surface area contributed by atoms with E-state index in [1.54, 1.807) is 6.20 Å². The number of hydrogen-bond acceptors (Lipinski definition) is 2. The number of alkyl halides is 1. The van der Waals surface area contributed by atoms with Crippen LogP contribution in [0.1, 0.15) is 39.2 Å². The van der Waals surface area contributed by atoms with Gasteiger partial charge in [0.1, 0.15) is 5.82 Å². The zero-order chi connectivity index (χ0) is 12.0. The lowest BCUT2D eigenvalue weighted by molar-refractivity contribution is -0.116. The summed E-state index contributed by atoms with van der Waals surface area (Å²) in [6, 6.07) is 2.08. The molecule has 0 aliphatic heterocycles. The monoisotopic (exact) mass is 287 g/mol. The highest BCUT2D eigenvalue weighted by Gasteiger charge is 2.08. The minimum atomic E-state index is 0.0587. The number of nitrogens with one attached hydrogen (secondary N) is 1.